The van der Waals surface area contributed by atoms with Crippen LogP contribution >= 0.6 is 12.2 Å². The Labute approximate surface area is 113 Å². The summed E-state index contributed by atoms with van der Waals surface area (Å²) in [6.07, 6.45) is -0.577. The van der Waals surface area contributed by atoms with Crippen LogP contribution < -0.4 is 0 Å². The van der Waals surface area contributed by atoms with Crippen molar-refractivity contribution in [2.45, 2.75) is 24.5 Å². The van der Waals surface area contributed by atoms with Gasteiger partial charge in [0.2, 0.25) is 4.77 Å². The summed E-state index contributed by atoms with van der Waals surface area (Å²) in [4.78, 5) is 7.11. The zero-order valence-corrected chi connectivity index (χ0v) is 10.6. The van der Waals surface area contributed by atoms with Crippen molar-refractivity contribution in [3.63, 3.8) is 0 Å². The molecule has 1 fully saturated rings. The highest BCUT2D eigenvalue weighted by Crippen LogP contribution is 2.29. The van der Waals surface area contributed by atoms with Gasteiger partial charge in [-0.15, -0.1) is 0 Å². The van der Waals surface area contributed by atoms with Crippen LogP contribution in [0.1, 0.15) is 6.23 Å². The number of aliphatic hydroxyl groups is 3. The first-order valence-electron chi connectivity index (χ1n) is 5.80. The Morgan fingerprint density at radius 3 is 2.89 bits per heavy atom. The van der Waals surface area contributed by atoms with E-state index in [0.29, 0.717) is 5.65 Å². The Hall–Kier alpha value is -1.32. The number of nitrogens with one attached hydrogen (secondary N) is 1. The van der Waals surface area contributed by atoms with E-state index >= 15 is 0 Å². The fourth-order valence-electron chi connectivity index (χ4n) is 2.22. The van der Waals surface area contributed by atoms with Gasteiger partial charge in [-0.05, 0) is 18.3 Å². The number of hydrogen-bond acceptors (Lipinski definition) is 6. The van der Waals surface area contributed by atoms with Crippen molar-refractivity contribution in [2.75, 3.05) is 6.61 Å². The monoisotopic (exact) mass is 283 g/mol. The van der Waals surface area contributed by atoms with Crippen LogP contribution in [-0.2, 0) is 4.74 Å². The molecule has 4 N–H and O–H groups in total. The molecule has 0 aliphatic carbocycles. The zero-order valence-electron chi connectivity index (χ0n) is 9.80. The number of fused-ring (bicyclic) bond motifs is 1. The molecule has 0 aromatic carbocycles. The number of hydrogen-bond donors (Lipinski definition) is 4. The van der Waals surface area contributed by atoms with Gasteiger partial charge >= 0.3 is 0 Å². The Morgan fingerprint density at radius 2 is 2.21 bits per heavy atom. The second-order valence-electron chi connectivity index (χ2n) is 4.44. The second-order valence-corrected chi connectivity index (χ2v) is 4.81. The van der Waals surface area contributed by atoms with Crippen LogP contribution in [0.5, 0.6) is 0 Å². The predicted octanol–water partition coefficient (Wildman–Crippen LogP) is -0.295. The van der Waals surface area contributed by atoms with Crippen molar-refractivity contribution < 1.29 is 20.1 Å². The molecule has 1 aliphatic heterocycles. The largest absolute Gasteiger partial charge is 0.394 e. The van der Waals surface area contributed by atoms with Gasteiger partial charge in [-0.3, -0.25) is 4.57 Å². The molecule has 0 bridgehead atoms. The van der Waals surface area contributed by atoms with Gasteiger partial charge in [0.05, 0.1) is 6.61 Å². The van der Waals surface area contributed by atoms with Gasteiger partial charge in [-0.25, -0.2) is 4.98 Å². The number of ether oxygens (including phenoxy) is 1. The zero-order chi connectivity index (χ0) is 13.6. The molecule has 0 saturated carbocycles. The van der Waals surface area contributed by atoms with Crippen molar-refractivity contribution in [2.24, 2.45) is 0 Å². The molecule has 1 saturated heterocycles. The minimum atomic E-state index is -1.16. The van der Waals surface area contributed by atoms with Gasteiger partial charge in [-0.2, -0.15) is 0 Å². The average molecular weight is 283 g/mol. The summed E-state index contributed by atoms with van der Waals surface area (Å²) in [5, 5.41) is 29.6. The molecule has 2 aromatic rings. The quantitative estimate of drug-likeness (QED) is 0.565. The third kappa shape index (κ3) is 1.97. The van der Waals surface area contributed by atoms with E-state index in [4.69, 9.17) is 22.1 Å². The summed E-state index contributed by atoms with van der Waals surface area (Å²) in [6, 6.07) is 1.81. The highest BCUT2D eigenvalue weighted by Gasteiger charge is 2.43. The Balaban J connectivity index is 2.04. The molecule has 8 heteroatoms. The van der Waals surface area contributed by atoms with Gasteiger partial charge in [-0.1, -0.05) is 0 Å². The van der Waals surface area contributed by atoms with Crippen LogP contribution in [0.25, 0.3) is 11.0 Å². The van der Waals surface area contributed by atoms with E-state index in [1.165, 1.54) is 4.57 Å². The van der Waals surface area contributed by atoms with E-state index in [9.17, 15) is 10.2 Å². The van der Waals surface area contributed by atoms with E-state index < -0.39 is 24.5 Å². The molecule has 3 heterocycles. The Kier molecular flexibility index (Phi) is 3.11. The van der Waals surface area contributed by atoms with E-state index in [1.807, 2.05) is 6.07 Å². The van der Waals surface area contributed by atoms with Crippen molar-refractivity contribution in [3.05, 3.63) is 23.2 Å². The lowest BCUT2D eigenvalue weighted by molar-refractivity contribution is -0.0538. The van der Waals surface area contributed by atoms with Crippen molar-refractivity contribution in [1.29, 1.82) is 0 Å². The number of aromatic nitrogens is 3. The Bertz CT molecular complexity index is 655. The molecule has 7 nitrogen and oxygen atoms in total. The summed E-state index contributed by atoms with van der Waals surface area (Å²) in [5.74, 6) is 0. The second kappa shape index (κ2) is 4.66. The smallest absolute Gasteiger partial charge is 0.203 e. The summed E-state index contributed by atoms with van der Waals surface area (Å²) >= 11 is 5.15. The predicted molar refractivity (Wildman–Crippen MR) is 67.9 cm³/mol. The average Bonchev–Trinajstić information content (AvgIpc) is 2.95. The van der Waals surface area contributed by atoms with Crippen molar-refractivity contribution in [1.82, 2.24) is 14.5 Å². The third-order valence-corrected chi connectivity index (χ3v) is 3.56. The maximum atomic E-state index is 9.97. The van der Waals surface area contributed by atoms with Crippen molar-refractivity contribution >= 4 is 23.3 Å². The van der Waals surface area contributed by atoms with E-state index in [1.54, 1.807) is 12.4 Å². The van der Waals surface area contributed by atoms with Gasteiger partial charge in [0.1, 0.15) is 24.0 Å². The molecular formula is C11H13N3O4S. The molecule has 2 unspecified atom stereocenters. The van der Waals surface area contributed by atoms with Gasteiger partial charge in [0, 0.05) is 17.8 Å². The van der Waals surface area contributed by atoms with Crippen LogP contribution in [-0.4, -0.2) is 54.8 Å². The lowest BCUT2D eigenvalue weighted by atomic mass is 10.1. The Morgan fingerprint density at radius 1 is 1.42 bits per heavy atom. The van der Waals surface area contributed by atoms with E-state index in [2.05, 4.69) is 9.97 Å². The summed E-state index contributed by atoms with van der Waals surface area (Å²) < 4.78 is 7.13. The maximum Gasteiger partial charge on any atom is 0.203 e. The molecule has 1 aliphatic rings. The normalized spacial score (nSPS) is 31.1. The molecule has 0 radical (unpaired) electrons. The van der Waals surface area contributed by atoms with Gasteiger partial charge < -0.3 is 25.0 Å². The van der Waals surface area contributed by atoms with Crippen LogP contribution in [0.4, 0.5) is 0 Å². The number of rotatable bonds is 2. The fraction of sp³-hybridized carbons (Fsp3) is 0.455. The molecule has 0 spiro atoms. The van der Waals surface area contributed by atoms with Crippen LogP contribution in [0.2, 0.25) is 0 Å². The number of nitrogens with zero attached hydrogens (tertiary/aromatic N) is 2. The van der Waals surface area contributed by atoms with Gasteiger partial charge in [0.25, 0.3) is 0 Å². The standard InChI is InChI=1S/C11H13N3O4S/c15-4-6-7(16)8(17)10(18-6)14-3-5-1-2-12-9(5)13-11(14)19/h1-3,6-8,10,15-17H,4H2,(H,12,13,19)/t6-,7?,8?,10-/m1/s1. The SMILES string of the molecule is OC[C@H]1O[C@@H](n2cc3cc[nH]c3nc2=S)C(O)C1O. The van der Waals surface area contributed by atoms with Crippen molar-refractivity contribution in [3.8, 4) is 0 Å². The topological polar surface area (TPSA) is 104 Å². The number of aliphatic hydroxyl groups excluding tert-OH is 3. The summed E-state index contributed by atoms with van der Waals surface area (Å²) in [7, 11) is 0. The van der Waals surface area contributed by atoms with Crippen LogP contribution in [0.3, 0.4) is 0 Å². The van der Waals surface area contributed by atoms with Crippen LogP contribution in [0.15, 0.2) is 18.5 Å². The molecule has 3 rings (SSSR count). The number of H-pyrrole nitrogens is 1. The molecule has 19 heavy (non-hydrogen) atoms. The summed E-state index contributed by atoms with van der Waals surface area (Å²) in [5.41, 5.74) is 0.646. The van der Waals surface area contributed by atoms with E-state index in [-0.39, 0.29) is 11.4 Å². The molecule has 2 aromatic heterocycles. The third-order valence-electron chi connectivity index (χ3n) is 3.25. The van der Waals surface area contributed by atoms with Crippen LogP contribution in [0, 0.1) is 4.77 Å². The fourth-order valence-corrected chi connectivity index (χ4v) is 2.47. The molecular weight excluding hydrogens is 270 g/mol. The first-order valence-corrected chi connectivity index (χ1v) is 6.21. The highest BCUT2D eigenvalue weighted by molar-refractivity contribution is 7.71. The first kappa shape index (κ1) is 12.7. The molecule has 0 amide bonds. The number of aromatic amines is 1. The minimum absolute atomic E-state index is 0.227. The molecule has 4 atom stereocenters. The lowest BCUT2D eigenvalue weighted by Gasteiger charge is -2.18. The van der Waals surface area contributed by atoms with Gasteiger partial charge in [0.15, 0.2) is 6.23 Å². The van der Waals surface area contributed by atoms with E-state index in [0.717, 1.165) is 5.39 Å². The molecule has 102 valence electrons. The first-order chi connectivity index (χ1) is 9.11. The lowest BCUT2D eigenvalue weighted by Crippen LogP contribution is -2.33. The minimum Gasteiger partial charge on any atom is -0.394 e. The maximum absolute atomic E-state index is 9.97. The highest BCUT2D eigenvalue weighted by atomic mass is 32.1. The summed E-state index contributed by atoms with van der Waals surface area (Å²) in [6.45, 7) is -0.373.